The molecule has 282 valence electrons. The normalized spacial score (nSPS) is 13.1. The molecule has 0 amide bonds. The highest BCUT2D eigenvalue weighted by Gasteiger charge is 2.46. The van der Waals surface area contributed by atoms with E-state index in [-0.39, 0.29) is 5.41 Å². The second-order valence-electron chi connectivity index (χ2n) is 16.8. The second-order valence-corrected chi connectivity index (χ2v) is 17.9. The fourth-order valence-electron chi connectivity index (χ4n) is 9.83. The summed E-state index contributed by atoms with van der Waals surface area (Å²) >= 11 is 1.88. The molecule has 0 fully saturated rings. The molecular formula is C57H43NS. The van der Waals surface area contributed by atoms with Gasteiger partial charge in [0.05, 0.1) is 11.1 Å². The van der Waals surface area contributed by atoms with E-state index in [1.165, 1.54) is 81.0 Å². The number of hydrogen-bond acceptors (Lipinski definition) is 2. The highest BCUT2D eigenvalue weighted by atomic mass is 32.1. The van der Waals surface area contributed by atoms with E-state index in [0.29, 0.717) is 0 Å². The zero-order chi connectivity index (χ0) is 39.7. The summed E-state index contributed by atoms with van der Waals surface area (Å²) in [6.07, 6.45) is 0. The van der Waals surface area contributed by atoms with Crippen molar-refractivity contribution in [3.05, 3.63) is 234 Å². The van der Waals surface area contributed by atoms with Crippen LogP contribution in [0.3, 0.4) is 0 Å². The van der Waals surface area contributed by atoms with Crippen molar-refractivity contribution in [1.82, 2.24) is 0 Å². The molecule has 0 atom stereocenters. The van der Waals surface area contributed by atoms with E-state index in [2.05, 4.69) is 232 Å². The Hall–Kier alpha value is -6.74. The molecule has 0 aliphatic heterocycles. The van der Waals surface area contributed by atoms with Gasteiger partial charge < -0.3 is 4.90 Å². The second kappa shape index (κ2) is 13.7. The molecule has 0 radical (unpaired) electrons. The first kappa shape index (κ1) is 35.4. The molecular weight excluding hydrogens is 731 g/mol. The number of rotatable bonds is 6. The van der Waals surface area contributed by atoms with Crippen molar-refractivity contribution < 1.29 is 0 Å². The smallest absolute Gasteiger partial charge is 0.0713 e. The Kier molecular flexibility index (Phi) is 8.22. The first-order valence-electron chi connectivity index (χ1n) is 20.6. The van der Waals surface area contributed by atoms with E-state index in [1.54, 1.807) is 0 Å². The Labute approximate surface area is 350 Å². The van der Waals surface area contributed by atoms with Gasteiger partial charge in [0, 0.05) is 37.1 Å². The van der Waals surface area contributed by atoms with Gasteiger partial charge in [-0.05, 0) is 103 Å². The minimum atomic E-state index is -0.462. The van der Waals surface area contributed by atoms with E-state index in [9.17, 15) is 0 Å². The molecule has 1 nitrogen and oxygen atoms in total. The van der Waals surface area contributed by atoms with Gasteiger partial charge in [0.25, 0.3) is 0 Å². The molecule has 9 aromatic carbocycles. The molecule has 1 aliphatic rings. The van der Waals surface area contributed by atoms with Gasteiger partial charge in [-0.15, -0.1) is 11.3 Å². The van der Waals surface area contributed by atoms with Gasteiger partial charge in [0.1, 0.15) is 0 Å². The zero-order valence-corrected chi connectivity index (χ0v) is 34.3. The molecule has 59 heavy (non-hydrogen) atoms. The Morgan fingerprint density at radius 2 is 1.03 bits per heavy atom. The van der Waals surface area contributed by atoms with Crippen LogP contribution in [0.15, 0.2) is 206 Å². The molecule has 0 saturated carbocycles. The number of benzene rings is 9. The molecule has 10 aromatic rings. The Balaban J connectivity index is 1.22. The Bertz CT molecular complexity index is 3150. The molecule has 0 bridgehead atoms. The van der Waals surface area contributed by atoms with Crippen LogP contribution in [0.4, 0.5) is 17.1 Å². The number of anilines is 3. The summed E-state index contributed by atoms with van der Waals surface area (Å²) in [7, 11) is 0. The van der Waals surface area contributed by atoms with Crippen molar-refractivity contribution >= 4 is 59.3 Å². The number of hydrogen-bond donors (Lipinski definition) is 0. The fourth-order valence-corrected chi connectivity index (χ4v) is 11.0. The molecule has 0 saturated heterocycles. The largest absolute Gasteiger partial charge is 0.310 e. The predicted octanol–water partition coefficient (Wildman–Crippen LogP) is 16.0. The third-order valence-corrected chi connectivity index (χ3v) is 13.6. The third kappa shape index (κ3) is 5.51. The summed E-state index contributed by atoms with van der Waals surface area (Å²) < 4.78 is 2.61. The fraction of sp³-hybridized carbons (Fsp3) is 0.0877. The third-order valence-electron chi connectivity index (χ3n) is 12.5. The Morgan fingerprint density at radius 1 is 0.441 bits per heavy atom. The van der Waals surface area contributed by atoms with E-state index in [4.69, 9.17) is 0 Å². The lowest BCUT2D eigenvalue weighted by molar-refractivity contribution is 0.590. The van der Waals surface area contributed by atoms with Gasteiger partial charge in [-0.2, -0.15) is 0 Å². The van der Waals surface area contributed by atoms with Crippen molar-refractivity contribution in [3.63, 3.8) is 0 Å². The average molecular weight is 774 g/mol. The molecule has 1 aromatic heterocycles. The van der Waals surface area contributed by atoms with Crippen LogP contribution in [0.25, 0.3) is 53.2 Å². The molecule has 1 aliphatic carbocycles. The lowest BCUT2D eigenvalue weighted by atomic mass is 9.68. The summed E-state index contributed by atoms with van der Waals surface area (Å²) in [5.41, 5.74) is 14.5. The Morgan fingerprint density at radius 3 is 1.78 bits per heavy atom. The molecule has 0 unspecified atom stereocenters. The van der Waals surface area contributed by atoms with Crippen molar-refractivity contribution in [2.75, 3.05) is 4.90 Å². The minimum absolute atomic E-state index is 0.0304. The first-order valence-corrected chi connectivity index (χ1v) is 21.4. The predicted molar refractivity (Wildman–Crippen MR) is 253 cm³/mol. The highest BCUT2D eigenvalue weighted by molar-refractivity contribution is 7.25. The lowest BCUT2D eigenvalue weighted by Gasteiger charge is -2.34. The summed E-state index contributed by atoms with van der Waals surface area (Å²) in [4.78, 5) is 2.51. The van der Waals surface area contributed by atoms with Gasteiger partial charge in [-0.3, -0.25) is 0 Å². The lowest BCUT2D eigenvalue weighted by Crippen LogP contribution is -2.28. The van der Waals surface area contributed by atoms with Crippen LogP contribution in [0, 0.1) is 0 Å². The summed E-state index contributed by atoms with van der Waals surface area (Å²) in [5, 5.41) is 5.08. The van der Waals surface area contributed by atoms with Crippen LogP contribution in [0.2, 0.25) is 0 Å². The molecule has 0 spiro atoms. The van der Waals surface area contributed by atoms with Gasteiger partial charge in [0.15, 0.2) is 0 Å². The quantitative estimate of drug-likeness (QED) is 0.163. The van der Waals surface area contributed by atoms with Crippen LogP contribution >= 0.6 is 11.3 Å². The van der Waals surface area contributed by atoms with Gasteiger partial charge in [0.2, 0.25) is 0 Å². The summed E-state index contributed by atoms with van der Waals surface area (Å²) in [5.74, 6) is 0. The van der Waals surface area contributed by atoms with E-state index >= 15 is 0 Å². The van der Waals surface area contributed by atoms with Crippen molar-refractivity contribution in [2.24, 2.45) is 0 Å². The standard InChI is InChI=1S/C57H43NS/c1-56(2,3)39-30-32-42(33-31-39)58(51-36-29-38-17-10-11-22-44(38)54(51)47-25-16-28-53-55(47)46-24-13-15-27-52(46)59-53)43-34-35-50-48(37-43)45-23-12-14-26-49(45)57(50,40-18-6-4-7-19-40)41-20-8-5-9-21-41/h4-37H,1-3H3. The number of nitrogens with zero attached hydrogens (tertiary/aromatic N) is 1. The molecule has 2 heteroatoms. The van der Waals surface area contributed by atoms with Crippen molar-refractivity contribution in [3.8, 4) is 22.3 Å². The van der Waals surface area contributed by atoms with E-state index in [1.807, 2.05) is 11.3 Å². The summed E-state index contributed by atoms with van der Waals surface area (Å²) in [6.45, 7) is 6.87. The van der Waals surface area contributed by atoms with Crippen LogP contribution in [-0.4, -0.2) is 0 Å². The van der Waals surface area contributed by atoms with Gasteiger partial charge in [-0.25, -0.2) is 0 Å². The van der Waals surface area contributed by atoms with Crippen molar-refractivity contribution in [2.45, 2.75) is 31.6 Å². The zero-order valence-electron chi connectivity index (χ0n) is 33.5. The molecule has 1 heterocycles. The summed E-state index contributed by atoms with van der Waals surface area (Å²) in [6, 6.07) is 76.9. The highest BCUT2D eigenvalue weighted by Crippen LogP contribution is 2.58. The maximum absolute atomic E-state index is 2.51. The number of fused-ring (bicyclic) bond motifs is 7. The average Bonchev–Trinajstić information content (AvgIpc) is 3.81. The van der Waals surface area contributed by atoms with Crippen LogP contribution in [-0.2, 0) is 10.8 Å². The van der Waals surface area contributed by atoms with Crippen molar-refractivity contribution in [1.29, 1.82) is 0 Å². The number of thiophene rings is 1. The van der Waals surface area contributed by atoms with E-state index in [0.717, 1.165) is 17.1 Å². The maximum atomic E-state index is 2.51. The maximum Gasteiger partial charge on any atom is 0.0713 e. The first-order chi connectivity index (χ1) is 28.9. The monoisotopic (exact) mass is 773 g/mol. The van der Waals surface area contributed by atoms with Gasteiger partial charge >= 0.3 is 0 Å². The minimum Gasteiger partial charge on any atom is -0.310 e. The van der Waals surface area contributed by atoms with Crippen LogP contribution in [0.5, 0.6) is 0 Å². The van der Waals surface area contributed by atoms with Crippen LogP contribution in [0.1, 0.15) is 48.6 Å². The topological polar surface area (TPSA) is 3.24 Å². The van der Waals surface area contributed by atoms with E-state index < -0.39 is 5.41 Å². The molecule has 11 rings (SSSR count). The van der Waals surface area contributed by atoms with Crippen LogP contribution < -0.4 is 4.90 Å². The molecule has 0 N–H and O–H groups in total. The van der Waals surface area contributed by atoms with Gasteiger partial charge in [-0.1, -0.05) is 185 Å². The SMILES string of the molecule is CC(C)(C)c1ccc(N(c2ccc3c(c2)-c2ccccc2C3(c2ccccc2)c2ccccc2)c2ccc3ccccc3c2-c2cccc3sc4ccccc4c23)cc1.